The smallest absolute Gasteiger partial charge is 0.410 e. The molecule has 0 spiro atoms. The van der Waals surface area contributed by atoms with Gasteiger partial charge >= 0.3 is 6.09 Å². The highest BCUT2D eigenvalue weighted by Crippen LogP contribution is 2.39. The molecule has 3 saturated heterocycles. The summed E-state index contributed by atoms with van der Waals surface area (Å²) in [5, 5.41) is -0.294. The van der Waals surface area contributed by atoms with Crippen molar-refractivity contribution in [2.45, 2.75) is 49.9 Å². The van der Waals surface area contributed by atoms with E-state index in [1.807, 2.05) is 14.0 Å². The number of aromatic nitrogens is 2. The van der Waals surface area contributed by atoms with Gasteiger partial charge in [-0.15, -0.1) is 0 Å². The van der Waals surface area contributed by atoms with Crippen LogP contribution in [0.2, 0.25) is 0 Å². The molecule has 4 fully saturated rings. The lowest BCUT2D eigenvalue weighted by molar-refractivity contribution is 0.0454. The summed E-state index contributed by atoms with van der Waals surface area (Å²) in [6.45, 7) is 7.47. The van der Waals surface area contributed by atoms with Crippen molar-refractivity contribution in [2.75, 3.05) is 70.9 Å². The Morgan fingerprint density at radius 2 is 1.75 bits per heavy atom. The summed E-state index contributed by atoms with van der Waals surface area (Å²) in [6, 6.07) is 0. The molecule has 5 rings (SSSR count). The molecule has 0 aromatic carbocycles. The van der Waals surface area contributed by atoms with Gasteiger partial charge in [0.25, 0.3) is 0 Å². The first-order valence-corrected chi connectivity index (χ1v) is 14.6. The van der Waals surface area contributed by atoms with Gasteiger partial charge < -0.3 is 24.2 Å². The van der Waals surface area contributed by atoms with Gasteiger partial charge in [0.2, 0.25) is 15.9 Å². The molecule has 0 bridgehead atoms. The van der Waals surface area contributed by atoms with Crippen molar-refractivity contribution >= 4 is 21.9 Å². The maximum atomic E-state index is 12.9. The second-order valence-corrected chi connectivity index (χ2v) is 13.1. The van der Waals surface area contributed by atoms with Gasteiger partial charge in [-0.05, 0) is 58.5 Å². The van der Waals surface area contributed by atoms with E-state index in [4.69, 9.17) is 9.47 Å². The largest absolute Gasteiger partial charge is 0.476 e. The highest BCUT2D eigenvalue weighted by atomic mass is 32.2. The van der Waals surface area contributed by atoms with Crippen LogP contribution in [0.3, 0.4) is 0 Å². The maximum Gasteiger partial charge on any atom is 0.410 e. The number of sulfonamides is 1. The third-order valence-electron chi connectivity index (χ3n) is 7.93. The molecule has 1 amide bonds. The fourth-order valence-electron chi connectivity index (χ4n) is 5.11. The molecule has 1 atom stereocenters. The van der Waals surface area contributed by atoms with E-state index in [0.29, 0.717) is 70.6 Å². The standard InChI is InChI=1S/C24H38N6O5S/c1-24(6-7-24)35-23(31)29-9-3-19(4-10-29)18-34-22-16-25-21(15-26-22)28-11-13-30(14-12-28)36(32,33)20-5-8-27(2)17-20/h15-16,19-20H,3-14,17-18H2,1-2H3/t20-/m0/s1. The molecule has 0 unspecified atom stereocenters. The lowest BCUT2D eigenvalue weighted by Crippen LogP contribution is -2.51. The molecule has 4 aliphatic rings. The van der Waals surface area contributed by atoms with Gasteiger partial charge in [0.15, 0.2) is 0 Å². The molecule has 3 aliphatic heterocycles. The monoisotopic (exact) mass is 522 g/mol. The predicted molar refractivity (Wildman–Crippen MR) is 135 cm³/mol. The van der Waals surface area contributed by atoms with Crippen LogP contribution in [0.5, 0.6) is 5.88 Å². The summed E-state index contributed by atoms with van der Waals surface area (Å²) in [4.78, 5) is 27.1. The predicted octanol–water partition coefficient (Wildman–Crippen LogP) is 1.41. The molecule has 1 aliphatic carbocycles. The van der Waals surface area contributed by atoms with Crippen molar-refractivity contribution < 1.29 is 22.7 Å². The van der Waals surface area contributed by atoms with Crippen molar-refractivity contribution in [1.82, 2.24) is 24.1 Å². The topological polar surface area (TPSA) is 108 Å². The number of carbonyl (C=O) groups is 1. The Morgan fingerprint density at radius 1 is 1.03 bits per heavy atom. The quantitative estimate of drug-likeness (QED) is 0.525. The molecule has 0 N–H and O–H groups in total. The van der Waals surface area contributed by atoms with Crippen LogP contribution in [0.4, 0.5) is 10.6 Å². The molecule has 0 radical (unpaired) electrons. The fourth-order valence-corrected chi connectivity index (χ4v) is 7.05. The Morgan fingerprint density at radius 3 is 2.33 bits per heavy atom. The molecule has 11 nitrogen and oxygen atoms in total. The summed E-state index contributed by atoms with van der Waals surface area (Å²) < 4.78 is 39.0. The Bertz CT molecular complexity index is 1020. The molecular weight excluding hydrogens is 484 g/mol. The number of hydrogen-bond donors (Lipinski definition) is 0. The van der Waals surface area contributed by atoms with E-state index < -0.39 is 10.0 Å². The van der Waals surface area contributed by atoms with Crippen LogP contribution in [0.25, 0.3) is 0 Å². The summed E-state index contributed by atoms with van der Waals surface area (Å²) >= 11 is 0. The zero-order valence-electron chi connectivity index (χ0n) is 21.3. The lowest BCUT2D eigenvalue weighted by Gasteiger charge is -2.35. The van der Waals surface area contributed by atoms with Gasteiger partial charge in [-0.3, -0.25) is 0 Å². The van der Waals surface area contributed by atoms with E-state index in [1.165, 1.54) is 0 Å². The van der Waals surface area contributed by atoms with E-state index in [2.05, 4.69) is 19.8 Å². The van der Waals surface area contributed by atoms with Gasteiger partial charge in [-0.1, -0.05) is 0 Å². The van der Waals surface area contributed by atoms with Gasteiger partial charge in [-0.25, -0.2) is 23.2 Å². The van der Waals surface area contributed by atoms with Crippen LogP contribution < -0.4 is 9.64 Å². The first kappa shape index (κ1) is 25.5. The van der Waals surface area contributed by atoms with Crippen LogP contribution in [-0.2, 0) is 14.8 Å². The minimum absolute atomic E-state index is 0.194. The molecule has 1 aromatic heterocycles. The Kier molecular flexibility index (Phi) is 7.28. The third kappa shape index (κ3) is 5.86. The zero-order chi connectivity index (χ0) is 25.3. The molecule has 200 valence electrons. The van der Waals surface area contributed by atoms with Gasteiger partial charge in [0.05, 0.1) is 24.3 Å². The number of hydrogen-bond acceptors (Lipinski definition) is 9. The molecule has 36 heavy (non-hydrogen) atoms. The number of likely N-dealkylation sites (tertiary alicyclic amines) is 2. The summed E-state index contributed by atoms with van der Waals surface area (Å²) in [6.07, 6.45) is 7.51. The lowest BCUT2D eigenvalue weighted by atomic mass is 9.98. The average molecular weight is 523 g/mol. The van der Waals surface area contributed by atoms with Gasteiger partial charge in [-0.2, -0.15) is 4.31 Å². The second-order valence-electron chi connectivity index (χ2n) is 10.9. The Balaban J connectivity index is 1.04. The number of nitrogens with zero attached hydrogens (tertiary/aromatic N) is 6. The number of carbonyl (C=O) groups excluding carboxylic acids is 1. The number of piperazine rings is 1. The van der Waals surface area contributed by atoms with Gasteiger partial charge in [0, 0.05) is 45.8 Å². The van der Waals surface area contributed by atoms with Crippen molar-refractivity contribution in [3.63, 3.8) is 0 Å². The number of rotatable bonds is 7. The van der Waals surface area contributed by atoms with E-state index in [-0.39, 0.29) is 16.9 Å². The minimum Gasteiger partial charge on any atom is -0.476 e. The summed E-state index contributed by atoms with van der Waals surface area (Å²) in [5.74, 6) is 1.58. The first-order valence-electron chi connectivity index (χ1n) is 13.1. The van der Waals surface area contributed by atoms with E-state index in [1.54, 1.807) is 21.6 Å². The van der Waals surface area contributed by atoms with Crippen LogP contribution in [0.1, 0.15) is 39.0 Å². The van der Waals surface area contributed by atoms with Crippen molar-refractivity contribution in [1.29, 1.82) is 0 Å². The van der Waals surface area contributed by atoms with Crippen LogP contribution in [-0.4, -0.2) is 115 Å². The number of ether oxygens (including phenoxy) is 2. The third-order valence-corrected chi connectivity index (χ3v) is 10.2. The van der Waals surface area contributed by atoms with Crippen LogP contribution >= 0.6 is 0 Å². The summed E-state index contributed by atoms with van der Waals surface area (Å²) in [7, 11) is -1.29. The maximum absolute atomic E-state index is 12.9. The average Bonchev–Trinajstić information content (AvgIpc) is 3.44. The van der Waals surface area contributed by atoms with Crippen LogP contribution in [0, 0.1) is 5.92 Å². The Labute approximate surface area is 213 Å². The number of amides is 1. The number of anilines is 1. The summed E-state index contributed by atoms with van der Waals surface area (Å²) in [5.41, 5.74) is -0.236. The van der Waals surface area contributed by atoms with Crippen molar-refractivity contribution in [2.24, 2.45) is 5.92 Å². The Hall–Kier alpha value is -2.18. The van der Waals surface area contributed by atoms with E-state index >= 15 is 0 Å². The molecule has 1 saturated carbocycles. The number of piperidine rings is 1. The SMILES string of the molecule is CN1CC[C@H](S(=O)(=O)N2CCN(c3cnc(OCC4CCN(C(=O)OC5(C)CC5)CC4)cn3)CC2)C1. The molecule has 12 heteroatoms. The van der Waals surface area contributed by atoms with Gasteiger partial charge in [0.1, 0.15) is 11.4 Å². The van der Waals surface area contributed by atoms with Crippen LogP contribution in [0.15, 0.2) is 12.4 Å². The molecule has 4 heterocycles. The highest BCUT2D eigenvalue weighted by Gasteiger charge is 2.43. The fraction of sp³-hybridized carbons (Fsp3) is 0.792. The van der Waals surface area contributed by atoms with Crippen molar-refractivity contribution in [3.05, 3.63) is 12.4 Å². The highest BCUT2D eigenvalue weighted by molar-refractivity contribution is 7.89. The minimum atomic E-state index is -3.26. The van der Waals surface area contributed by atoms with E-state index in [9.17, 15) is 13.2 Å². The zero-order valence-corrected chi connectivity index (χ0v) is 22.2. The first-order chi connectivity index (χ1) is 17.2. The second kappa shape index (κ2) is 10.3. The molecule has 1 aromatic rings. The van der Waals surface area contributed by atoms with Crippen molar-refractivity contribution in [3.8, 4) is 5.88 Å². The normalized spacial score (nSPS) is 25.7. The van der Waals surface area contributed by atoms with E-state index in [0.717, 1.165) is 38.0 Å². The molecular formula is C24H38N6O5S.